The molecule has 1 saturated carbocycles. The lowest BCUT2D eigenvalue weighted by atomic mass is 9.86. The van der Waals surface area contributed by atoms with E-state index in [-0.39, 0.29) is 53.3 Å². The minimum atomic E-state index is -0.661. The zero-order valence-electron chi connectivity index (χ0n) is 22.5. The van der Waals surface area contributed by atoms with Gasteiger partial charge in [0.1, 0.15) is 10.7 Å². The molecule has 1 aromatic rings. The molecule has 2 amide bonds. The van der Waals surface area contributed by atoms with Crippen LogP contribution in [-0.2, 0) is 23.9 Å². The quantitative estimate of drug-likeness (QED) is 0.434. The Labute approximate surface area is 218 Å². The van der Waals surface area contributed by atoms with Crippen molar-refractivity contribution in [2.75, 3.05) is 14.2 Å². The highest BCUT2D eigenvalue weighted by Crippen LogP contribution is 2.31. The van der Waals surface area contributed by atoms with Crippen molar-refractivity contribution in [3.05, 3.63) is 16.1 Å². The Hall–Kier alpha value is -2.49. The van der Waals surface area contributed by atoms with Crippen molar-refractivity contribution >= 4 is 35.1 Å². The number of methoxy groups -OCH3 is 1. The predicted octanol–water partition coefficient (Wildman–Crippen LogP) is 4.13. The number of hydrogen-bond donors (Lipinski definition) is 1. The van der Waals surface area contributed by atoms with Gasteiger partial charge >= 0.3 is 11.9 Å². The molecule has 0 aliphatic heterocycles. The maximum absolute atomic E-state index is 12.9. The van der Waals surface area contributed by atoms with E-state index in [1.807, 2.05) is 27.7 Å². The van der Waals surface area contributed by atoms with Gasteiger partial charge in [0.15, 0.2) is 6.10 Å². The van der Waals surface area contributed by atoms with E-state index in [2.05, 4.69) is 10.3 Å². The molecule has 0 spiro atoms. The molecule has 0 bridgehead atoms. The summed E-state index contributed by atoms with van der Waals surface area (Å²) in [6.07, 6.45) is 2.93. The van der Waals surface area contributed by atoms with Crippen LogP contribution in [0.2, 0.25) is 0 Å². The highest BCUT2D eigenvalue weighted by molar-refractivity contribution is 7.09. The first-order chi connectivity index (χ1) is 16.9. The molecule has 0 saturated heterocycles. The lowest BCUT2D eigenvalue weighted by Crippen LogP contribution is -2.42. The lowest BCUT2D eigenvalue weighted by molar-refractivity contribution is -0.149. The van der Waals surface area contributed by atoms with Gasteiger partial charge in [-0.3, -0.25) is 19.2 Å². The van der Waals surface area contributed by atoms with Gasteiger partial charge in [-0.05, 0) is 37.5 Å². The van der Waals surface area contributed by atoms with Crippen molar-refractivity contribution in [3.8, 4) is 0 Å². The van der Waals surface area contributed by atoms with Gasteiger partial charge < -0.3 is 19.7 Å². The maximum atomic E-state index is 12.9. The smallest absolute Gasteiger partial charge is 0.308 e. The summed E-state index contributed by atoms with van der Waals surface area (Å²) in [5.74, 6) is -0.617. The summed E-state index contributed by atoms with van der Waals surface area (Å²) in [5, 5.41) is 5.20. The zero-order chi connectivity index (χ0) is 27.0. The molecule has 2 atom stereocenters. The second-order valence-corrected chi connectivity index (χ2v) is 11.3. The Kier molecular flexibility index (Phi) is 11.3. The van der Waals surface area contributed by atoms with E-state index in [4.69, 9.17) is 9.47 Å². The molecule has 9 nitrogen and oxygen atoms in total. The number of carbonyl (C=O) groups is 4. The monoisotopic (exact) mass is 523 g/mol. The van der Waals surface area contributed by atoms with E-state index in [1.54, 1.807) is 17.3 Å². The van der Waals surface area contributed by atoms with E-state index < -0.39 is 12.1 Å². The largest absolute Gasteiger partial charge is 0.469 e. The summed E-state index contributed by atoms with van der Waals surface area (Å²) in [6.45, 7) is 9.42. The third-order valence-electron chi connectivity index (χ3n) is 6.63. The highest BCUT2D eigenvalue weighted by atomic mass is 32.1. The average Bonchev–Trinajstić information content (AvgIpc) is 3.31. The molecule has 1 fully saturated rings. The predicted molar refractivity (Wildman–Crippen MR) is 137 cm³/mol. The summed E-state index contributed by atoms with van der Waals surface area (Å²) in [6, 6.07) is -0.189. The van der Waals surface area contributed by atoms with Crippen LogP contribution in [0.15, 0.2) is 5.38 Å². The summed E-state index contributed by atoms with van der Waals surface area (Å²) in [5.41, 5.74) is 0.271. The fourth-order valence-electron chi connectivity index (χ4n) is 4.61. The Morgan fingerprint density at radius 3 is 2.31 bits per heavy atom. The Balaban J connectivity index is 2.09. The van der Waals surface area contributed by atoms with Crippen LogP contribution in [-0.4, -0.2) is 59.9 Å². The van der Waals surface area contributed by atoms with Crippen molar-refractivity contribution in [2.45, 2.75) is 91.3 Å². The molecule has 2 rings (SSSR count). The van der Waals surface area contributed by atoms with Gasteiger partial charge in [0.2, 0.25) is 5.91 Å². The van der Waals surface area contributed by atoms with Crippen molar-refractivity contribution < 1.29 is 28.7 Å². The molecule has 10 heteroatoms. The standard InChI is InChI=1S/C26H41N3O6S/c1-15(2)12-23(31)29(6)21(16(3)4)13-22(35-17(5)30)25-28-20(14-36-25)24(32)27-19-10-8-18(9-11-19)26(33)34-7/h14-16,18-19,21-22H,8-13H2,1-7H3,(H,27,32)/t18-,19-,21-,22-/m1/s1. The second-order valence-electron chi connectivity index (χ2n) is 10.4. The van der Waals surface area contributed by atoms with Crippen LogP contribution in [0.4, 0.5) is 0 Å². The molecule has 0 aromatic carbocycles. The highest BCUT2D eigenvalue weighted by Gasteiger charge is 2.32. The molecular formula is C26H41N3O6S. The first-order valence-corrected chi connectivity index (χ1v) is 13.6. The van der Waals surface area contributed by atoms with E-state index >= 15 is 0 Å². The third kappa shape index (κ3) is 8.57. The van der Waals surface area contributed by atoms with Crippen molar-refractivity contribution in [1.82, 2.24) is 15.2 Å². The van der Waals surface area contributed by atoms with Crippen LogP contribution < -0.4 is 5.32 Å². The summed E-state index contributed by atoms with van der Waals surface area (Å²) < 4.78 is 10.4. The van der Waals surface area contributed by atoms with Gasteiger partial charge in [0, 0.05) is 44.3 Å². The first-order valence-electron chi connectivity index (χ1n) is 12.7. The van der Waals surface area contributed by atoms with E-state index in [0.717, 1.165) is 0 Å². The van der Waals surface area contributed by atoms with E-state index in [9.17, 15) is 19.2 Å². The molecule has 0 unspecified atom stereocenters. The molecule has 1 heterocycles. The van der Waals surface area contributed by atoms with Gasteiger partial charge in [-0.1, -0.05) is 27.7 Å². The van der Waals surface area contributed by atoms with Crippen LogP contribution in [0, 0.1) is 17.8 Å². The van der Waals surface area contributed by atoms with Crippen molar-refractivity contribution in [3.63, 3.8) is 0 Å². The lowest BCUT2D eigenvalue weighted by Gasteiger charge is -2.34. The van der Waals surface area contributed by atoms with Gasteiger partial charge in [-0.25, -0.2) is 4.98 Å². The number of esters is 2. The number of thiazole rings is 1. The Morgan fingerprint density at radius 2 is 1.78 bits per heavy atom. The number of ether oxygens (including phenoxy) is 2. The fourth-order valence-corrected chi connectivity index (χ4v) is 5.45. The number of rotatable bonds is 11. The van der Waals surface area contributed by atoms with Crippen LogP contribution >= 0.6 is 11.3 Å². The number of nitrogens with one attached hydrogen (secondary N) is 1. The van der Waals surface area contributed by atoms with Crippen molar-refractivity contribution in [1.29, 1.82) is 0 Å². The summed E-state index contributed by atoms with van der Waals surface area (Å²) in [4.78, 5) is 55.4. The topological polar surface area (TPSA) is 115 Å². The van der Waals surface area contributed by atoms with E-state index in [1.165, 1.54) is 25.4 Å². The third-order valence-corrected chi connectivity index (χ3v) is 7.57. The average molecular weight is 524 g/mol. The normalized spacial score (nSPS) is 19.5. The van der Waals surface area contributed by atoms with Crippen LogP contribution in [0.3, 0.4) is 0 Å². The SMILES string of the molecule is COC(=O)[C@H]1CC[C@H](NC(=O)c2csc([C@@H](C[C@H](C(C)C)N(C)C(=O)CC(C)C)OC(C)=O)n2)CC1. The van der Waals surface area contributed by atoms with Crippen LogP contribution in [0.1, 0.15) is 94.7 Å². The van der Waals surface area contributed by atoms with Gasteiger partial charge in [0.05, 0.1) is 13.0 Å². The number of nitrogens with zero attached hydrogens (tertiary/aromatic N) is 2. The number of aromatic nitrogens is 1. The van der Waals surface area contributed by atoms with Crippen molar-refractivity contribution in [2.24, 2.45) is 17.8 Å². The molecule has 1 N–H and O–H groups in total. The molecule has 0 radical (unpaired) electrons. The molecule has 36 heavy (non-hydrogen) atoms. The van der Waals surface area contributed by atoms with E-state index in [0.29, 0.717) is 43.5 Å². The Bertz CT molecular complexity index is 907. The minimum Gasteiger partial charge on any atom is -0.469 e. The van der Waals surface area contributed by atoms with Crippen LogP contribution in [0.25, 0.3) is 0 Å². The van der Waals surface area contributed by atoms with Gasteiger partial charge in [0.25, 0.3) is 5.91 Å². The van der Waals surface area contributed by atoms with Gasteiger partial charge in [-0.15, -0.1) is 11.3 Å². The first kappa shape index (κ1) is 29.7. The molecular weight excluding hydrogens is 482 g/mol. The molecule has 1 aliphatic rings. The maximum Gasteiger partial charge on any atom is 0.308 e. The minimum absolute atomic E-state index is 0.0289. The summed E-state index contributed by atoms with van der Waals surface area (Å²) >= 11 is 1.27. The molecule has 1 aliphatic carbocycles. The summed E-state index contributed by atoms with van der Waals surface area (Å²) in [7, 11) is 3.18. The van der Waals surface area contributed by atoms with Crippen LogP contribution in [0.5, 0.6) is 0 Å². The number of hydrogen-bond acceptors (Lipinski definition) is 8. The zero-order valence-corrected chi connectivity index (χ0v) is 23.4. The Morgan fingerprint density at radius 1 is 1.14 bits per heavy atom. The van der Waals surface area contributed by atoms with Gasteiger partial charge in [-0.2, -0.15) is 0 Å². The number of carbonyl (C=O) groups excluding carboxylic acids is 4. The fraction of sp³-hybridized carbons (Fsp3) is 0.731. The molecule has 1 aromatic heterocycles. The second kappa shape index (κ2) is 13.7. The number of amides is 2. The molecule has 202 valence electrons.